The van der Waals surface area contributed by atoms with Crippen LogP contribution >= 0.6 is 0 Å². The van der Waals surface area contributed by atoms with Gasteiger partial charge in [0.05, 0.1) is 5.56 Å². The summed E-state index contributed by atoms with van der Waals surface area (Å²) in [5.41, 5.74) is 5.73. The summed E-state index contributed by atoms with van der Waals surface area (Å²) in [7, 11) is 0. The number of carbonyl (C=O) groups excluding carboxylic acids is 1. The molecule has 0 bridgehead atoms. The van der Waals surface area contributed by atoms with Crippen LogP contribution in [0.4, 0.5) is 13.2 Å². The lowest BCUT2D eigenvalue weighted by Crippen LogP contribution is -2.33. The highest BCUT2D eigenvalue weighted by atomic mass is 19.4. The van der Waals surface area contributed by atoms with Gasteiger partial charge in [-0.05, 0) is 30.4 Å². The van der Waals surface area contributed by atoms with Crippen molar-refractivity contribution in [2.24, 2.45) is 11.7 Å². The maximum Gasteiger partial charge on any atom is 0.416 e. The summed E-state index contributed by atoms with van der Waals surface area (Å²) in [6.07, 6.45) is -2.91. The van der Waals surface area contributed by atoms with E-state index in [0.717, 1.165) is 18.6 Å². The van der Waals surface area contributed by atoms with E-state index in [-0.39, 0.29) is 23.8 Å². The van der Waals surface area contributed by atoms with Crippen LogP contribution in [0.1, 0.15) is 29.9 Å². The lowest BCUT2D eigenvalue weighted by molar-refractivity contribution is -0.137. The normalized spacial score (nSPS) is 28.8. The monoisotopic (exact) mass is 298 g/mol. The molecular formula is C15H17F3N2O. The quantitative estimate of drug-likeness (QED) is 0.911. The first-order valence-corrected chi connectivity index (χ1v) is 7.08. The summed E-state index contributed by atoms with van der Waals surface area (Å²) in [6, 6.07) is 5.32. The average Bonchev–Trinajstić information content (AvgIpc) is 3.12. The van der Waals surface area contributed by atoms with Gasteiger partial charge in [0.25, 0.3) is 0 Å². The zero-order valence-electron chi connectivity index (χ0n) is 11.4. The van der Waals surface area contributed by atoms with Crippen LogP contribution in [0, 0.1) is 5.92 Å². The van der Waals surface area contributed by atoms with Crippen LogP contribution in [-0.4, -0.2) is 29.9 Å². The topological polar surface area (TPSA) is 46.3 Å². The van der Waals surface area contributed by atoms with Gasteiger partial charge in [-0.1, -0.05) is 18.2 Å². The SMILES string of the molecule is N[C@@H]1CCN(C(=O)[C@H]2C[C@H]2c2cccc(C(F)(F)F)c2)C1. The molecule has 0 aromatic heterocycles. The number of rotatable bonds is 2. The van der Waals surface area contributed by atoms with Gasteiger partial charge >= 0.3 is 6.18 Å². The zero-order chi connectivity index (χ0) is 15.2. The Kier molecular flexibility index (Phi) is 3.43. The van der Waals surface area contributed by atoms with Crippen molar-refractivity contribution >= 4 is 5.91 Å². The van der Waals surface area contributed by atoms with Gasteiger partial charge in [-0.25, -0.2) is 0 Å². The molecule has 3 rings (SSSR count). The Bertz CT molecular complexity index is 558. The molecule has 3 nitrogen and oxygen atoms in total. The Hall–Kier alpha value is -1.56. The lowest BCUT2D eigenvalue weighted by atomic mass is 10.1. The Labute approximate surface area is 120 Å². The lowest BCUT2D eigenvalue weighted by Gasteiger charge is -2.15. The molecular weight excluding hydrogens is 281 g/mol. The molecule has 1 saturated carbocycles. The van der Waals surface area contributed by atoms with Crippen molar-refractivity contribution in [3.8, 4) is 0 Å². The maximum absolute atomic E-state index is 12.7. The van der Waals surface area contributed by atoms with E-state index in [9.17, 15) is 18.0 Å². The van der Waals surface area contributed by atoms with Gasteiger partial charge in [0.1, 0.15) is 0 Å². The van der Waals surface area contributed by atoms with E-state index in [2.05, 4.69) is 0 Å². The first kappa shape index (κ1) is 14.4. The van der Waals surface area contributed by atoms with Gasteiger partial charge < -0.3 is 10.6 Å². The fraction of sp³-hybridized carbons (Fsp3) is 0.533. The number of nitrogens with two attached hydrogens (primary N) is 1. The minimum atomic E-state index is -4.34. The van der Waals surface area contributed by atoms with Crippen molar-refractivity contribution in [1.29, 1.82) is 0 Å². The summed E-state index contributed by atoms with van der Waals surface area (Å²) in [4.78, 5) is 14.0. The summed E-state index contributed by atoms with van der Waals surface area (Å²) in [5, 5.41) is 0. The molecule has 0 radical (unpaired) electrons. The molecule has 0 unspecified atom stereocenters. The highest BCUT2D eigenvalue weighted by molar-refractivity contribution is 5.83. The number of alkyl halides is 3. The number of likely N-dealkylation sites (tertiary alicyclic amines) is 1. The molecule has 2 N–H and O–H groups in total. The minimum absolute atomic E-state index is 0.0275. The van der Waals surface area contributed by atoms with Crippen LogP contribution in [0.3, 0.4) is 0 Å². The molecule has 114 valence electrons. The van der Waals surface area contributed by atoms with Crippen molar-refractivity contribution in [3.63, 3.8) is 0 Å². The van der Waals surface area contributed by atoms with E-state index < -0.39 is 11.7 Å². The molecule has 1 heterocycles. The number of nitrogens with zero attached hydrogens (tertiary/aromatic N) is 1. The van der Waals surface area contributed by atoms with Gasteiger partial charge in [-0.2, -0.15) is 13.2 Å². The van der Waals surface area contributed by atoms with Crippen molar-refractivity contribution in [3.05, 3.63) is 35.4 Å². The fourth-order valence-corrected chi connectivity index (χ4v) is 3.00. The molecule has 1 saturated heterocycles. The zero-order valence-corrected chi connectivity index (χ0v) is 11.4. The van der Waals surface area contributed by atoms with Crippen molar-refractivity contribution < 1.29 is 18.0 Å². The predicted octanol–water partition coefficient (Wildman–Crippen LogP) is 2.37. The number of carbonyl (C=O) groups is 1. The second-order valence-corrected chi connectivity index (χ2v) is 5.90. The highest BCUT2D eigenvalue weighted by Crippen LogP contribution is 2.49. The number of amides is 1. The van der Waals surface area contributed by atoms with Gasteiger partial charge in [0.15, 0.2) is 0 Å². The molecule has 0 spiro atoms. The van der Waals surface area contributed by atoms with Gasteiger partial charge in [-0.3, -0.25) is 4.79 Å². The number of benzene rings is 1. The smallest absolute Gasteiger partial charge is 0.341 e. The van der Waals surface area contributed by atoms with Crippen LogP contribution < -0.4 is 5.73 Å². The molecule has 21 heavy (non-hydrogen) atoms. The summed E-state index contributed by atoms with van der Waals surface area (Å²) >= 11 is 0. The first-order chi connectivity index (χ1) is 9.86. The molecule has 1 aliphatic carbocycles. The van der Waals surface area contributed by atoms with E-state index in [1.54, 1.807) is 11.0 Å². The van der Waals surface area contributed by atoms with Gasteiger partial charge in [0.2, 0.25) is 5.91 Å². The largest absolute Gasteiger partial charge is 0.416 e. The van der Waals surface area contributed by atoms with Gasteiger partial charge in [-0.15, -0.1) is 0 Å². The molecule has 1 aromatic rings. The summed E-state index contributed by atoms with van der Waals surface area (Å²) in [5.74, 6) is -0.235. The second-order valence-electron chi connectivity index (χ2n) is 5.90. The predicted molar refractivity (Wildman–Crippen MR) is 71.5 cm³/mol. The van der Waals surface area contributed by atoms with Gasteiger partial charge in [0, 0.05) is 25.0 Å². The fourth-order valence-electron chi connectivity index (χ4n) is 3.00. The van der Waals surface area contributed by atoms with Crippen molar-refractivity contribution in [2.45, 2.75) is 31.0 Å². The second kappa shape index (κ2) is 5.02. The number of hydrogen-bond donors (Lipinski definition) is 1. The Morgan fingerprint density at radius 1 is 1.33 bits per heavy atom. The van der Waals surface area contributed by atoms with Crippen molar-refractivity contribution in [1.82, 2.24) is 4.90 Å². The third-order valence-corrected chi connectivity index (χ3v) is 4.29. The minimum Gasteiger partial charge on any atom is -0.341 e. The van der Waals surface area contributed by atoms with Crippen LogP contribution in [0.15, 0.2) is 24.3 Å². The third kappa shape index (κ3) is 2.90. The van der Waals surface area contributed by atoms with E-state index in [1.807, 2.05) is 0 Å². The Balaban J connectivity index is 1.69. The standard InChI is InChI=1S/C15H17F3N2O/c16-15(17,18)10-3-1-2-9(6-10)12-7-13(12)14(21)20-5-4-11(19)8-20/h1-3,6,11-13H,4-5,7-8,19H2/t11-,12+,13+/m1/s1. The molecule has 1 aromatic carbocycles. The van der Waals surface area contributed by atoms with E-state index >= 15 is 0 Å². The molecule has 6 heteroatoms. The maximum atomic E-state index is 12.7. The average molecular weight is 298 g/mol. The first-order valence-electron chi connectivity index (χ1n) is 7.08. The number of hydrogen-bond acceptors (Lipinski definition) is 2. The Morgan fingerprint density at radius 3 is 2.71 bits per heavy atom. The Morgan fingerprint density at radius 2 is 2.10 bits per heavy atom. The molecule has 1 amide bonds. The van der Waals surface area contributed by atoms with E-state index in [1.165, 1.54) is 6.07 Å². The molecule has 3 atom stereocenters. The van der Waals surface area contributed by atoms with Crippen LogP contribution in [0.25, 0.3) is 0 Å². The third-order valence-electron chi connectivity index (χ3n) is 4.29. The summed E-state index contributed by atoms with van der Waals surface area (Å²) < 4.78 is 38.1. The van der Waals surface area contributed by atoms with Crippen LogP contribution in [0.5, 0.6) is 0 Å². The molecule has 2 fully saturated rings. The van der Waals surface area contributed by atoms with E-state index in [0.29, 0.717) is 25.1 Å². The molecule has 2 aliphatic rings. The van der Waals surface area contributed by atoms with Crippen LogP contribution in [0.2, 0.25) is 0 Å². The number of halogens is 3. The highest BCUT2D eigenvalue weighted by Gasteiger charge is 2.47. The van der Waals surface area contributed by atoms with E-state index in [4.69, 9.17) is 5.73 Å². The van der Waals surface area contributed by atoms with Crippen LogP contribution in [-0.2, 0) is 11.0 Å². The van der Waals surface area contributed by atoms with Crippen molar-refractivity contribution in [2.75, 3.05) is 13.1 Å². The molecule has 1 aliphatic heterocycles. The summed E-state index contributed by atoms with van der Waals surface area (Å²) in [6.45, 7) is 1.22.